The summed E-state index contributed by atoms with van der Waals surface area (Å²) in [5, 5.41) is 92.1. The number of fused-ring (bicyclic) bond motifs is 5. The predicted octanol–water partition coefficient (Wildman–Crippen LogP) is -0.286. The molecule has 3 aliphatic carbocycles. The third kappa shape index (κ3) is 8.44. The second-order valence-electron chi connectivity index (χ2n) is 19.4. The highest BCUT2D eigenvalue weighted by atomic mass is 16.7. The van der Waals surface area contributed by atoms with Crippen molar-refractivity contribution in [3.8, 4) is 0 Å². The van der Waals surface area contributed by atoms with Gasteiger partial charge in [0.2, 0.25) is 0 Å². The van der Waals surface area contributed by atoms with Gasteiger partial charge < -0.3 is 74.6 Å². The van der Waals surface area contributed by atoms with Gasteiger partial charge in [-0.25, -0.2) is 14.4 Å². The number of aliphatic hydroxyl groups excluding tert-OH is 6. The molecule has 2 saturated carbocycles. The highest BCUT2D eigenvalue weighted by molar-refractivity contribution is 5.93. The lowest BCUT2D eigenvalue weighted by molar-refractivity contribution is -0.337. The first kappa shape index (κ1) is 48.8. The lowest BCUT2D eigenvalue weighted by Crippen LogP contribution is -2.79. The van der Waals surface area contributed by atoms with E-state index in [9.17, 15) is 55.2 Å². The van der Waals surface area contributed by atoms with Crippen LogP contribution in [0.1, 0.15) is 79.8 Å². The van der Waals surface area contributed by atoms with Crippen LogP contribution in [0.4, 0.5) is 4.79 Å². The van der Waals surface area contributed by atoms with Gasteiger partial charge in [-0.2, -0.15) is 0 Å². The van der Waals surface area contributed by atoms with E-state index in [4.69, 9.17) is 28.4 Å². The number of carbonyl (C=O) groups excluding carboxylic acids is 4. The Balaban J connectivity index is 1.31. The first-order valence-electron chi connectivity index (χ1n) is 21.3. The second kappa shape index (κ2) is 17.7. The Morgan fingerprint density at radius 2 is 1.63 bits per heavy atom. The first-order valence-corrected chi connectivity index (χ1v) is 21.3. The van der Waals surface area contributed by atoms with Gasteiger partial charge in [0.1, 0.15) is 48.3 Å². The molecule has 2 bridgehead atoms. The van der Waals surface area contributed by atoms with Crippen molar-refractivity contribution in [1.82, 2.24) is 5.32 Å². The molecule has 19 nitrogen and oxygen atoms in total. The van der Waals surface area contributed by atoms with Gasteiger partial charge in [0.25, 0.3) is 0 Å². The van der Waals surface area contributed by atoms with Crippen molar-refractivity contribution in [2.24, 2.45) is 28.6 Å². The van der Waals surface area contributed by atoms with E-state index in [0.29, 0.717) is 5.56 Å². The van der Waals surface area contributed by atoms with Gasteiger partial charge in [-0.3, -0.25) is 4.79 Å². The number of ether oxygens (including phenoxy) is 6. The molecule has 6 rings (SSSR count). The summed E-state index contributed by atoms with van der Waals surface area (Å²) in [5.41, 5.74) is -7.40. The fourth-order valence-corrected chi connectivity index (χ4v) is 10.9. The average Bonchev–Trinajstić information content (AvgIpc) is 3.21. The molecule has 0 radical (unpaired) electrons. The number of esters is 2. The molecule has 0 aromatic heterocycles. The zero-order valence-corrected chi connectivity index (χ0v) is 36.8. The third-order valence-corrected chi connectivity index (χ3v) is 14.3. The Kier molecular flexibility index (Phi) is 13.7. The number of carbonyl (C=O) groups is 4. The minimum Gasteiger partial charge on any atom is -0.459 e. The van der Waals surface area contributed by atoms with Gasteiger partial charge in [0.15, 0.2) is 18.2 Å². The monoisotopic (exact) mass is 893 g/mol. The van der Waals surface area contributed by atoms with E-state index in [1.807, 2.05) is 0 Å². The SMILES string of the molecule is CC1=C2C(O)C(=O)[C@]3(C)C(OC(=O)COC4OC(CO)C(O)C(O)C4CO)CC4OCC4(O)C3[C@H](C)C(O)(CC1OC(=O)C(O)C(NC(=O)OC(C)(C)C)c1ccccc1)C2(C)C. The standard InChI is InChI=1S/C44H63NO18/c1-20-24(60-37(54)34(52)30(22-12-10-9-11-13-22)45-39(55)63-40(3,4)5)15-44(57)21(2)35-42(8,36(53)33(51)29(20)41(44,6)7)26(14-27-43(35,56)19-59-27)62-28(48)18-58-38-23(16-46)31(49)32(50)25(17-47)61-38/h9-13,21,23-27,30-35,38,46-47,49-52,56-57H,14-19H2,1-8H3,(H,45,55)/t21-,23?,24?,25?,26?,27?,30?,31?,32?,33?,34?,35?,38?,42+,43?,44?/m0/s1. The molecule has 0 spiro atoms. The van der Waals surface area contributed by atoms with Crippen LogP contribution in [0.25, 0.3) is 0 Å². The molecule has 2 aliphatic heterocycles. The summed E-state index contributed by atoms with van der Waals surface area (Å²) in [6, 6.07) is 6.83. The topological polar surface area (TPSA) is 298 Å². The van der Waals surface area contributed by atoms with E-state index in [0.717, 1.165) is 0 Å². The fraction of sp³-hybridized carbons (Fsp3) is 0.727. The molecule has 1 aromatic rings. The summed E-state index contributed by atoms with van der Waals surface area (Å²) in [6.07, 6.45) is -15.0. The number of nitrogens with one attached hydrogen (secondary N) is 1. The maximum atomic E-state index is 15.1. The fourth-order valence-electron chi connectivity index (χ4n) is 10.9. The lowest BCUT2D eigenvalue weighted by Gasteiger charge is -2.67. The molecule has 4 fully saturated rings. The molecule has 1 aromatic carbocycles. The largest absolute Gasteiger partial charge is 0.459 e. The van der Waals surface area contributed by atoms with E-state index in [1.165, 1.54) is 13.8 Å². The van der Waals surface area contributed by atoms with E-state index in [1.54, 1.807) is 71.9 Å². The van der Waals surface area contributed by atoms with E-state index in [2.05, 4.69) is 5.32 Å². The third-order valence-electron chi connectivity index (χ3n) is 14.3. The smallest absolute Gasteiger partial charge is 0.408 e. The van der Waals surface area contributed by atoms with Crippen LogP contribution in [0, 0.1) is 28.6 Å². The van der Waals surface area contributed by atoms with Crippen LogP contribution < -0.4 is 5.32 Å². The van der Waals surface area contributed by atoms with Crippen molar-refractivity contribution in [3.05, 3.63) is 47.0 Å². The van der Waals surface area contributed by atoms with Crippen molar-refractivity contribution >= 4 is 23.8 Å². The maximum absolute atomic E-state index is 15.1. The molecule has 19 heteroatoms. The van der Waals surface area contributed by atoms with Crippen molar-refractivity contribution in [1.29, 1.82) is 0 Å². The first-order chi connectivity index (χ1) is 29.3. The highest BCUT2D eigenvalue weighted by Gasteiger charge is 2.75. The lowest BCUT2D eigenvalue weighted by atomic mass is 9.42. The molecule has 16 atom stereocenters. The molecule has 9 N–H and O–H groups in total. The van der Waals surface area contributed by atoms with Gasteiger partial charge in [-0.15, -0.1) is 0 Å². The zero-order valence-electron chi connectivity index (χ0n) is 36.8. The minimum atomic E-state index is -2.01. The van der Waals surface area contributed by atoms with Gasteiger partial charge in [-0.1, -0.05) is 51.1 Å². The van der Waals surface area contributed by atoms with Crippen LogP contribution in [0.15, 0.2) is 41.5 Å². The van der Waals surface area contributed by atoms with Crippen molar-refractivity contribution in [3.63, 3.8) is 0 Å². The van der Waals surface area contributed by atoms with Crippen molar-refractivity contribution in [2.75, 3.05) is 26.4 Å². The Bertz CT molecular complexity index is 1920. The molecule has 63 heavy (non-hydrogen) atoms. The van der Waals surface area contributed by atoms with Crippen LogP contribution in [0.2, 0.25) is 0 Å². The number of benzene rings is 1. The average molecular weight is 894 g/mol. The Hall–Kier alpha value is -3.60. The summed E-state index contributed by atoms with van der Waals surface area (Å²) >= 11 is 0. The predicted molar refractivity (Wildman–Crippen MR) is 216 cm³/mol. The number of Topliss-reactive ketones (excluding diaryl/α,β-unsaturated/α-hetero) is 1. The summed E-state index contributed by atoms with van der Waals surface area (Å²) in [5.74, 6) is -6.64. The number of rotatable bonds is 11. The number of amides is 1. The van der Waals surface area contributed by atoms with Crippen LogP contribution in [0.3, 0.4) is 0 Å². The van der Waals surface area contributed by atoms with Gasteiger partial charge in [-0.05, 0) is 57.2 Å². The van der Waals surface area contributed by atoms with Crippen LogP contribution in [-0.2, 0) is 42.8 Å². The summed E-state index contributed by atoms with van der Waals surface area (Å²) in [7, 11) is 0. The second-order valence-corrected chi connectivity index (χ2v) is 19.4. The number of hydrogen-bond acceptors (Lipinski definition) is 18. The molecule has 1 amide bonds. The van der Waals surface area contributed by atoms with Crippen LogP contribution in [-0.4, -0.2) is 163 Å². The molecule has 5 aliphatic rings. The van der Waals surface area contributed by atoms with Crippen LogP contribution >= 0.6 is 0 Å². The molecule has 2 saturated heterocycles. The number of alkyl carbamates (subject to hydrolysis) is 1. The molecular formula is C44H63NO18. The van der Waals surface area contributed by atoms with E-state index in [-0.39, 0.29) is 30.6 Å². The minimum absolute atomic E-state index is 0.0163. The Morgan fingerprint density at radius 3 is 2.21 bits per heavy atom. The highest BCUT2D eigenvalue weighted by Crippen LogP contribution is 2.65. The normalized spacial score (nSPS) is 39.6. The van der Waals surface area contributed by atoms with Crippen molar-refractivity contribution in [2.45, 2.75) is 146 Å². The quantitative estimate of drug-likeness (QED) is 0.0784. The number of ketones is 1. The molecular weight excluding hydrogens is 830 g/mol. The maximum Gasteiger partial charge on any atom is 0.408 e. The van der Waals surface area contributed by atoms with Gasteiger partial charge in [0, 0.05) is 24.2 Å². The summed E-state index contributed by atoms with van der Waals surface area (Å²) in [6.45, 7) is 10.3. The Morgan fingerprint density at radius 1 is 0.984 bits per heavy atom. The van der Waals surface area contributed by atoms with E-state index >= 15 is 4.79 Å². The summed E-state index contributed by atoms with van der Waals surface area (Å²) < 4.78 is 34.1. The molecule has 14 unspecified atom stereocenters. The van der Waals surface area contributed by atoms with Gasteiger partial charge >= 0.3 is 18.0 Å². The molecule has 352 valence electrons. The van der Waals surface area contributed by atoms with Crippen molar-refractivity contribution < 1.29 is 88.5 Å². The van der Waals surface area contributed by atoms with Crippen LogP contribution in [0.5, 0.6) is 0 Å². The molecule has 2 heterocycles. The van der Waals surface area contributed by atoms with Gasteiger partial charge in [0.05, 0.1) is 55.0 Å². The zero-order chi connectivity index (χ0) is 46.8. The number of aliphatic hydroxyl groups is 8. The Labute approximate surface area is 365 Å². The van der Waals surface area contributed by atoms with E-state index < -0.39 is 150 Å². The number of hydrogen-bond donors (Lipinski definition) is 9. The summed E-state index contributed by atoms with van der Waals surface area (Å²) in [4.78, 5) is 55.5.